The van der Waals surface area contributed by atoms with Crippen LogP contribution < -0.4 is 4.74 Å². The van der Waals surface area contributed by atoms with Gasteiger partial charge in [-0.15, -0.1) is 0 Å². The second-order valence-corrected chi connectivity index (χ2v) is 3.35. The summed E-state index contributed by atoms with van der Waals surface area (Å²) in [6.07, 6.45) is 0. The average Bonchev–Trinajstić information content (AvgIpc) is 2.55. The van der Waals surface area contributed by atoms with Crippen LogP contribution in [-0.2, 0) is 6.54 Å². The van der Waals surface area contributed by atoms with Crippen LogP contribution in [0.4, 0.5) is 0 Å². The Labute approximate surface area is 87.2 Å². The Morgan fingerprint density at radius 1 is 1.50 bits per heavy atom. The molecular formula is C10H11ClN2O. The molecule has 74 valence electrons. The predicted molar refractivity (Wildman–Crippen MR) is 57.0 cm³/mol. The molecule has 3 nitrogen and oxygen atoms in total. The largest absolute Gasteiger partial charge is 0.497 e. The number of hydrogen-bond acceptors (Lipinski definition) is 2. The maximum absolute atomic E-state index is 5.98. The summed E-state index contributed by atoms with van der Waals surface area (Å²) in [5.74, 6) is 0.823. The van der Waals surface area contributed by atoms with E-state index in [2.05, 4.69) is 5.10 Å². The lowest BCUT2D eigenvalue weighted by Crippen LogP contribution is -1.95. The van der Waals surface area contributed by atoms with Gasteiger partial charge >= 0.3 is 0 Å². The minimum atomic E-state index is 0.546. The summed E-state index contributed by atoms with van der Waals surface area (Å²) in [5.41, 5.74) is 1.01. The summed E-state index contributed by atoms with van der Waals surface area (Å²) in [6.45, 7) is 2.83. The Hall–Kier alpha value is -1.22. The van der Waals surface area contributed by atoms with E-state index in [1.807, 2.05) is 29.8 Å². The Balaban J connectivity index is 2.71. The first-order chi connectivity index (χ1) is 6.76. The Morgan fingerprint density at radius 3 is 2.93 bits per heavy atom. The number of nitrogens with zero attached hydrogens (tertiary/aromatic N) is 2. The fourth-order valence-corrected chi connectivity index (χ4v) is 1.73. The van der Waals surface area contributed by atoms with Crippen molar-refractivity contribution in [1.29, 1.82) is 0 Å². The van der Waals surface area contributed by atoms with Gasteiger partial charge in [-0.2, -0.15) is 5.10 Å². The van der Waals surface area contributed by atoms with E-state index in [1.54, 1.807) is 7.11 Å². The Kier molecular flexibility index (Phi) is 2.33. The molecule has 1 heterocycles. The minimum Gasteiger partial charge on any atom is -0.497 e. The number of fused-ring (bicyclic) bond motifs is 1. The lowest BCUT2D eigenvalue weighted by atomic mass is 10.2. The summed E-state index contributed by atoms with van der Waals surface area (Å²) in [6, 6.07) is 5.75. The molecule has 0 radical (unpaired) electrons. The molecule has 0 bridgehead atoms. The molecule has 0 amide bonds. The van der Waals surface area contributed by atoms with Crippen molar-refractivity contribution in [2.75, 3.05) is 7.11 Å². The van der Waals surface area contributed by atoms with Crippen LogP contribution in [0.15, 0.2) is 18.2 Å². The molecule has 0 atom stereocenters. The van der Waals surface area contributed by atoms with Crippen LogP contribution in [0.5, 0.6) is 5.75 Å². The van der Waals surface area contributed by atoms with Crippen LogP contribution in [0, 0.1) is 0 Å². The third-order valence-corrected chi connectivity index (χ3v) is 2.49. The highest BCUT2D eigenvalue weighted by Crippen LogP contribution is 2.26. The molecule has 0 fully saturated rings. The number of rotatable bonds is 2. The molecule has 0 unspecified atom stereocenters. The van der Waals surface area contributed by atoms with Crippen molar-refractivity contribution >= 4 is 22.5 Å². The van der Waals surface area contributed by atoms with Crippen molar-refractivity contribution in [3.8, 4) is 5.75 Å². The molecule has 0 aliphatic carbocycles. The second kappa shape index (κ2) is 3.50. The van der Waals surface area contributed by atoms with Gasteiger partial charge in [-0.1, -0.05) is 11.6 Å². The molecule has 0 aliphatic rings. The first-order valence-electron chi connectivity index (χ1n) is 4.46. The fraction of sp³-hybridized carbons (Fsp3) is 0.300. The molecule has 0 N–H and O–H groups in total. The van der Waals surface area contributed by atoms with Gasteiger partial charge < -0.3 is 4.74 Å². The number of hydrogen-bond donors (Lipinski definition) is 0. The summed E-state index contributed by atoms with van der Waals surface area (Å²) < 4.78 is 7.01. The first kappa shape index (κ1) is 9.34. The fourth-order valence-electron chi connectivity index (χ4n) is 1.48. The van der Waals surface area contributed by atoms with E-state index in [4.69, 9.17) is 16.3 Å². The highest BCUT2D eigenvalue weighted by Gasteiger charge is 2.07. The van der Waals surface area contributed by atoms with Crippen molar-refractivity contribution in [2.45, 2.75) is 13.5 Å². The highest BCUT2D eigenvalue weighted by molar-refractivity contribution is 6.34. The normalized spacial score (nSPS) is 10.8. The van der Waals surface area contributed by atoms with Gasteiger partial charge in [0.05, 0.1) is 12.6 Å². The molecule has 14 heavy (non-hydrogen) atoms. The molecule has 0 saturated heterocycles. The molecule has 1 aromatic carbocycles. The van der Waals surface area contributed by atoms with Crippen LogP contribution in [0.3, 0.4) is 0 Å². The summed E-state index contributed by atoms with van der Waals surface area (Å²) in [7, 11) is 1.65. The molecule has 2 aromatic rings. The highest BCUT2D eigenvalue weighted by atomic mass is 35.5. The molecule has 2 rings (SSSR count). The van der Waals surface area contributed by atoms with E-state index >= 15 is 0 Å². The van der Waals surface area contributed by atoms with Crippen LogP contribution >= 0.6 is 11.6 Å². The predicted octanol–water partition coefficient (Wildman–Crippen LogP) is 2.72. The number of aromatic nitrogens is 2. The maximum Gasteiger partial charge on any atom is 0.158 e. The van der Waals surface area contributed by atoms with Crippen LogP contribution in [0.25, 0.3) is 10.9 Å². The second-order valence-electron chi connectivity index (χ2n) is 2.99. The minimum absolute atomic E-state index is 0.546. The van der Waals surface area contributed by atoms with Crippen molar-refractivity contribution in [3.63, 3.8) is 0 Å². The monoisotopic (exact) mass is 210 g/mol. The van der Waals surface area contributed by atoms with Crippen LogP contribution in [0.1, 0.15) is 6.92 Å². The van der Waals surface area contributed by atoms with E-state index in [0.29, 0.717) is 5.15 Å². The Bertz CT molecular complexity index is 464. The van der Waals surface area contributed by atoms with Crippen molar-refractivity contribution in [3.05, 3.63) is 23.4 Å². The van der Waals surface area contributed by atoms with Gasteiger partial charge in [-0.25, -0.2) is 0 Å². The van der Waals surface area contributed by atoms with Gasteiger partial charge in [-0.3, -0.25) is 4.68 Å². The quantitative estimate of drug-likeness (QED) is 0.762. The average molecular weight is 211 g/mol. The van der Waals surface area contributed by atoms with E-state index in [9.17, 15) is 0 Å². The number of benzene rings is 1. The zero-order valence-electron chi connectivity index (χ0n) is 8.12. The molecule has 4 heteroatoms. The van der Waals surface area contributed by atoms with Gasteiger partial charge in [0, 0.05) is 18.0 Å². The van der Waals surface area contributed by atoms with Crippen molar-refractivity contribution in [2.24, 2.45) is 0 Å². The Morgan fingerprint density at radius 2 is 2.29 bits per heavy atom. The molecule has 0 saturated carbocycles. The first-order valence-corrected chi connectivity index (χ1v) is 4.84. The van der Waals surface area contributed by atoms with Crippen molar-refractivity contribution in [1.82, 2.24) is 9.78 Å². The molecule has 1 aromatic heterocycles. The van der Waals surface area contributed by atoms with E-state index in [1.165, 1.54) is 0 Å². The van der Waals surface area contributed by atoms with E-state index in [-0.39, 0.29) is 0 Å². The third kappa shape index (κ3) is 1.34. The topological polar surface area (TPSA) is 27.1 Å². The van der Waals surface area contributed by atoms with Crippen LogP contribution in [-0.4, -0.2) is 16.9 Å². The van der Waals surface area contributed by atoms with Crippen LogP contribution in [0.2, 0.25) is 5.15 Å². The van der Waals surface area contributed by atoms with E-state index < -0.39 is 0 Å². The standard InChI is InChI=1S/C10H11ClN2O/c1-3-13-9-6-7(14-2)4-5-8(9)10(11)12-13/h4-6H,3H2,1-2H3. The zero-order valence-corrected chi connectivity index (χ0v) is 8.88. The summed E-state index contributed by atoms with van der Waals surface area (Å²) >= 11 is 5.98. The number of ether oxygens (including phenoxy) is 1. The van der Waals surface area contributed by atoms with Gasteiger partial charge in [0.15, 0.2) is 5.15 Å². The summed E-state index contributed by atoms with van der Waals surface area (Å²) in [4.78, 5) is 0. The lowest BCUT2D eigenvalue weighted by molar-refractivity contribution is 0.415. The molecule has 0 spiro atoms. The van der Waals surface area contributed by atoms with Gasteiger partial charge in [0.1, 0.15) is 5.75 Å². The van der Waals surface area contributed by atoms with Crippen molar-refractivity contribution < 1.29 is 4.74 Å². The maximum atomic E-state index is 5.98. The zero-order chi connectivity index (χ0) is 10.1. The van der Waals surface area contributed by atoms with Gasteiger partial charge in [0.2, 0.25) is 0 Å². The van der Waals surface area contributed by atoms with Gasteiger partial charge in [0.25, 0.3) is 0 Å². The molecular weight excluding hydrogens is 200 g/mol. The number of methoxy groups -OCH3 is 1. The third-order valence-electron chi connectivity index (χ3n) is 2.21. The SMILES string of the molecule is CCn1nc(Cl)c2ccc(OC)cc21. The molecule has 0 aliphatic heterocycles. The smallest absolute Gasteiger partial charge is 0.158 e. The van der Waals surface area contributed by atoms with Gasteiger partial charge in [-0.05, 0) is 19.1 Å². The summed E-state index contributed by atoms with van der Waals surface area (Å²) in [5, 5.41) is 5.72. The number of halogens is 1. The lowest BCUT2D eigenvalue weighted by Gasteiger charge is -2.01. The number of aryl methyl sites for hydroxylation is 1. The van der Waals surface area contributed by atoms with E-state index in [0.717, 1.165) is 23.2 Å².